The molecule has 0 aliphatic heterocycles. The number of hydrogen-bond donors (Lipinski definition) is 1. The molecule has 0 spiro atoms. The number of hydrogen-bond acceptors (Lipinski definition) is 3. The molecule has 150 valence electrons. The van der Waals surface area contributed by atoms with E-state index < -0.39 is 0 Å². The Bertz CT molecular complexity index is 981. The summed E-state index contributed by atoms with van der Waals surface area (Å²) in [5, 5.41) is 3.85. The second-order valence-electron chi connectivity index (χ2n) is 6.21. The topological polar surface area (TPSA) is 27.6 Å². The number of benzene rings is 3. The highest BCUT2D eigenvalue weighted by Crippen LogP contribution is 2.29. The molecule has 3 aromatic carbocycles. The van der Waals surface area contributed by atoms with Gasteiger partial charge in [-0.15, -0.1) is 28.0 Å². The van der Waals surface area contributed by atoms with Crippen LogP contribution >= 0.6 is 46.9 Å². The Kier molecular flexibility index (Phi) is 8.19. The predicted molar refractivity (Wildman–Crippen MR) is 131 cm³/mol. The zero-order chi connectivity index (χ0) is 20.6. The lowest BCUT2D eigenvalue weighted by atomic mass is 10.2. The number of rotatable bonds is 6. The van der Waals surface area contributed by atoms with E-state index in [2.05, 4.69) is 46.2 Å². The fourth-order valence-corrected chi connectivity index (χ4v) is 4.32. The maximum atomic E-state index is 6.34. The van der Waals surface area contributed by atoms with Crippen molar-refractivity contribution in [3.8, 4) is 0 Å². The van der Waals surface area contributed by atoms with Crippen molar-refractivity contribution in [1.29, 1.82) is 0 Å². The molecule has 0 aliphatic rings. The van der Waals surface area contributed by atoms with Gasteiger partial charge in [0.15, 0.2) is 0 Å². The van der Waals surface area contributed by atoms with Gasteiger partial charge in [0.2, 0.25) is 5.96 Å². The maximum absolute atomic E-state index is 6.34. The van der Waals surface area contributed by atoms with Crippen LogP contribution in [0.2, 0.25) is 5.02 Å². The summed E-state index contributed by atoms with van der Waals surface area (Å²) >= 11 is 15.7. The van der Waals surface area contributed by atoms with E-state index in [-0.39, 0.29) is 0 Å². The molecule has 0 atom stereocenters. The molecule has 1 N–H and O–H groups in total. The summed E-state index contributed by atoms with van der Waals surface area (Å²) in [5.41, 5.74) is 3.04. The zero-order valence-corrected chi connectivity index (χ0v) is 19.2. The predicted octanol–water partition coefficient (Wildman–Crippen LogP) is 7.41. The van der Waals surface area contributed by atoms with E-state index in [9.17, 15) is 0 Å². The highest BCUT2D eigenvalue weighted by molar-refractivity contribution is 7.98. The monoisotopic (exact) mass is 461 g/mol. The normalized spacial score (nSPS) is 11.4. The second-order valence-corrected chi connectivity index (χ2v) is 8.71. The third-order valence-electron chi connectivity index (χ3n) is 4.27. The van der Waals surface area contributed by atoms with Gasteiger partial charge < -0.3 is 10.2 Å². The van der Waals surface area contributed by atoms with Crippen molar-refractivity contribution in [2.75, 3.05) is 23.5 Å². The molecule has 0 radical (unpaired) electrons. The summed E-state index contributed by atoms with van der Waals surface area (Å²) in [7, 11) is 1.92. The Hall–Kier alpha value is -1.79. The minimum Gasteiger partial charge on any atom is -0.323 e. The Morgan fingerprint density at radius 2 is 1.79 bits per heavy atom. The van der Waals surface area contributed by atoms with E-state index in [4.69, 9.17) is 23.4 Å². The fourth-order valence-electron chi connectivity index (χ4n) is 2.65. The summed E-state index contributed by atoms with van der Waals surface area (Å²) in [6, 6.07) is 24.5. The molecular formula is C22H21Cl2N3S2. The van der Waals surface area contributed by atoms with Crippen molar-refractivity contribution in [1.82, 2.24) is 0 Å². The van der Waals surface area contributed by atoms with E-state index in [0.29, 0.717) is 11.0 Å². The number of nitrogens with one attached hydrogen (secondary N) is 1. The van der Waals surface area contributed by atoms with Gasteiger partial charge in [-0.2, -0.15) is 0 Å². The van der Waals surface area contributed by atoms with Crippen LogP contribution in [0.1, 0.15) is 5.56 Å². The van der Waals surface area contributed by atoms with Crippen molar-refractivity contribution in [3.05, 3.63) is 83.4 Å². The number of halogens is 2. The van der Waals surface area contributed by atoms with Crippen LogP contribution in [0.3, 0.4) is 0 Å². The summed E-state index contributed by atoms with van der Waals surface area (Å²) in [4.78, 5) is 4.18. The highest BCUT2D eigenvalue weighted by atomic mass is 35.5. The van der Waals surface area contributed by atoms with E-state index in [1.807, 2.05) is 54.6 Å². The van der Waals surface area contributed by atoms with Crippen molar-refractivity contribution in [3.63, 3.8) is 0 Å². The zero-order valence-electron chi connectivity index (χ0n) is 16.1. The minimum atomic E-state index is 0.497. The van der Waals surface area contributed by atoms with Crippen LogP contribution in [0.5, 0.6) is 0 Å². The lowest BCUT2D eigenvalue weighted by molar-refractivity contribution is 1.23. The standard InChI is InChI=1S/C22H21Cl2N3S2/c1-27(22(26-24)25-21-14-18(28-2)11-12-20(21)23)17-9-6-10-19(13-17)29-15-16-7-4-3-5-8-16/h3-14H,15H2,1-2H3,(H,25,26). The fraction of sp³-hybridized carbons (Fsp3) is 0.136. The van der Waals surface area contributed by atoms with Crippen LogP contribution in [-0.4, -0.2) is 19.3 Å². The van der Waals surface area contributed by atoms with Crippen molar-refractivity contribution in [2.45, 2.75) is 15.5 Å². The molecule has 0 aromatic heterocycles. The van der Waals surface area contributed by atoms with Gasteiger partial charge in [0, 0.05) is 40.1 Å². The van der Waals surface area contributed by atoms with E-state index in [1.165, 1.54) is 10.5 Å². The van der Waals surface area contributed by atoms with E-state index in [0.717, 1.165) is 22.0 Å². The Morgan fingerprint density at radius 3 is 2.52 bits per heavy atom. The maximum Gasteiger partial charge on any atom is 0.220 e. The van der Waals surface area contributed by atoms with Crippen LogP contribution in [0.4, 0.5) is 11.4 Å². The van der Waals surface area contributed by atoms with Crippen molar-refractivity contribution < 1.29 is 0 Å². The molecule has 3 aromatic rings. The Balaban J connectivity index is 1.73. The van der Waals surface area contributed by atoms with E-state index in [1.54, 1.807) is 23.5 Å². The van der Waals surface area contributed by atoms with Gasteiger partial charge in [0.25, 0.3) is 0 Å². The van der Waals surface area contributed by atoms with Crippen LogP contribution in [0.25, 0.3) is 0 Å². The molecule has 29 heavy (non-hydrogen) atoms. The summed E-state index contributed by atoms with van der Waals surface area (Å²) in [6.45, 7) is 0. The summed E-state index contributed by atoms with van der Waals surface area (Å²) < 4.78 is 3.91. The average Bonchev–Trinajstić information content (AvgIpc) is 2.77. The summed E-state index contributed by atoms with van der Waals surface area (Å²) in [5.74, 6) is 1.41. The van der Waals surface area contributed by atoms with Crippen molar-refractivity contribution in [2.24, 2.45) is 4.51 Å². The van der Waals surface area contributed by atoms with Crippen LogP contribution < -0.4 is 10.2 Å². The molecular weight excluding hydrogens is 441 g/mol. The quantitative estimate of drug-likeness (QED) is 0.234. The molecule has 0 heterocycles. The molecule has 3 nitrogen and oxygen atoms in total. The highest BCUT2D eigenvalue weighted by Gasteiger charge is 2.12. The lowest BCUT2D eigenvalue weighted by Crippen LogP contribution is -2.32. The molecule has 0 bridgehead atoms. The average molecular weight is 462 g/mol. The number of nitrogens with zero attached hydrogens (tertiary/aromatic N) is 2. The molecule has 3 rings (SSSR count). The molecule has 0 fully saturated rings. The smallest absolute Gasteiger partial charge is 0.220 e. The van der Waals surface area contributed by atoms with Crippen LogP contribution in [0, 0.1) is 0 Å². The number of thioether (sulfide) groups is 2. The molecule has 0 amide bonds. The molecule has 0 unspecified atom stereocenters. The van der Waals surface area contributed by atoms with Gasteiger partial charge in [-0.05, 0) is 48.2 Å². The number of anilines is 2. The van der Waals surface area contributed by atoms with Gasteiger partial charge in [0.1, 0.15) is 0 Å². The Morgan fingerprint density at radius 1 is 1.00 bits per heavy atom. The van der Waals surface area contributed by atoms with Crippen molar-refractivity contribution >= 4 is 64.2 Å². The van der Waals surface area contributed by atoms with Gasteiger partial charge in [-0.1, -0.05) is 48.0 Å². The van der Waals surface area contributed by atoms with Gasteiger partial charge in [0.05, 0.1) is 10.7 Å². The van der Waals surface area contributed by atoms with Gasteiger partial charge >= 0.3 is 0 Å². The summed E-state index contributed by atoms with van der Waals surface area (Å²) in [6.07, 6.45) is 2.02. The molecule has 7 heteroatoms. The lowest BCUT2D eigenvalue weighted by Gasteiger charge is -2.22. The molecule has 0 aliphatic carbocycles. The molecule has 0 saturated carbocycles. The first-order chi connectivity index (χ1) is 14.1. The van der Waals surface area contributed by atoms with Gasteiger partial charge in [-0.3, -0.25) is 0 Å². The SMILES string of the molecule is CSc1ccc(Cl)c(N/C(=N/Cl)N(C)c2cccc(SCc3ccccc3)c2)c1. The number of guanidine groups is 1. The molecule has 0 saturated heterocycles. The van der Waals surface area contributed by atoms with Crippen LogP contribution in [0.15, 0.2) is 87.1 Å². The minimum absolute atomic E-state index is 0.497. The first-order valence-corrected chi connectivity index (χ1v) is 11.8. The first-order valence-electron chi connectivity index (χ1n) is 8.90. The third-order valence-corrected chi connectivity index (χ3v) is 6.55. The van der Waals surface area contributed by atoms with Gasteiger partial charge in [-0.25, -0.2) is 0 Å². The third kappa shape index (κ3) is 6.09. The Labute approximate surface area is 190 Å². The van der Waals surface area contributed by atoms with E-state index >= 15 is 0 Å². The first kappa shape index (κ1) is 21.9. The van der Waals surface area contributed by atoms with Crippen LogP contribution in [-0.2, 0) is 5.75 Å². The second kappa shape index (κ2) is 10.8. The largest absolute Gasteiger partial charge is 0.323 e.